The smallest absolute Gasteiger partial charge is 0.289 e. The van der Waals surface area contributed by atoms with Crippen molar-refractivity contribution in [1.82, 2.24) is 10.6 Å². The molecule has 62 valence electrons. The van der Waals surface area contributed by atoms with Crippen molar-refractivity contribution in [3.63, 3.8) is 0 Å². The topological polar surface area (TPSA) is 75.3 Å². The summed E-state index contributed by atoms with van der Waals surface area (Å²) in [4.78, 5) is 31.3. The number of Topliss-reactive ketones (excluding diaryl/α,β-unsaturated/α-hetero) is 1. The molecule has 1 atom stereocenters. The van der Waals surface area contributed by atoms with Crippen molar-refractivity contribution in [2.75, 3.05) is 7.05 Å². The lowest BCUT2D eigenvalue weighted by molar-refractivity contribution is -0.138. The Morgan fingerprint density at radius 2 is 2.00 bits per heavy atom. The third-order valence-corrected chi connectivity index (χ3v) is 1.16. The summed E-state index contributed by atoms with van der Waals surface area (Å²) in [5, 5.41) is 4.33. The molecule has 5 nitrogen and oxygen atoms in total. The molecule has 0 rings (SSSR count). The lowest BCUT2D eigenvalue weighted by atomic mass is 10.2. The Labute approximate surface area is 64.1 Å². The van der Waals surface area contributed by atoms with Crippen LogP contribution in [0.4, 0.5) is 0 Å². The molecule has 0 aromatic rings. The van der Waals surface area contributed by atoms with Gasteiger partial charge < -0.3 is 10.6 Å². The van der Waals surface area contributed by atoms with Crippen LogP contribution in [0.15, 0.2) is 0 Å². The van der Waals surface area contributed by atoms with E-state index in [9.17, 15) is 14.4 Å². The van der Waals surface area contributed by atoms with Crippen molar-refractivity contribution in [2.24, 2.45) is 0 Å². The normalized spacial score (nSPS) is 11.5. The summed E-state index contributed by atoms with van der Waals surface area (Å²) < 4.78 is 0. The second-order valence-electron chi connectivity index (χ2n) is 1.95. The molecule has 2 amide bonds. The average molecular weight is 158 g/mol. The largest absolute Gasteiger partial charge is 0.353 e. The van der Waals surface area contributed by atoms with E-state index >= 15 is 0 Å². The predicted octanol–water partition coefficient (Wildman–Crippen LogP) is -1.56. The third-order valence-electron chi connectivity index (χ3n) is 1.16. The van der Waals surface area contributed by atoms with E-state index in [0.29, 0.717) is 6.41 Å². The van der Waals surface area contributed by atoms with Gasteiger partial charge in [-0.15, -0.1) is 0 Å². The van der Waals surface area contributed by atoms with Crippen molar-refractivity contribution in [2.45, 2.75) is 13.0 Å². The summed E-state index contributed by atoms with van der Waals surface area (Å²) in [6.45, 7) is 1.44. The number of nitrogens with one attached hydrogen (secondary N) is 2. The number of carbonyl (C=O) groups excluding carboxylic acids is 3. The molecule has 5 heteroatoms. The zero-order chi connectivity index (χ0) is 8.85. The number of hydrogen-bond donors (Lipinski definition) is 2. The molecule has 0 heterocycles. The summed E-state index contributed by atoms with van der Waals surface area (Å²) in [6, 6.07) is -0.757. The fourth-order valence-electron chi connectivity index (χ4n) is 0.498. The number of amides is 2. The summed E-state index contributed by atoms with van der Waals surface area (Å²) in [5.74, 6) is -1.36. The SMILES string of the molecule is CNC(=O)C(=O)C(C)NC=O. The number of ketones is 1. The Morgan fingerprint density at radius 1 is 1.45 bits per heavy atom. The average Bonchev–Trinajstić information content (AvgIpc) is 2.02. The van der Waals surface area contributed by atoms with Crippen LogP contribution in [0.5, 0.6) is 0 Å². The highest BCUT2D eigenvalue weighted by Gasteiger charge is 2.18. The number of likely N-dealkylation sites (N-methyl/N-ethyl adjacent to an activating group) is 1. The first kappa shape index (κ1) is 9.61. The van der Waals surface area contributed by atoms with Crippen LogP contribution in [0, 0.1) is 0 Å². The Morgan fingerprint density at radius 3 is 2.36 bits per heavy atom. The molecule has 0 saturated heterocycles. The van der Waals surface area contributed by atoms with Gasteiger partial charge in [0.05, 0.1) is 6.04 Å². The zero-order valence-electron chi connectivity index (χ0n) is 6.38. The highest BCUT2D eigenvalue weighted by Crippen LogP contribution is 1.82. The molecule has 2 N–H and O–H groups in total. The standard InChI is InChI=1S/C6H10N2O3/c1-4(8-3-9)5(10)6(11)7-2/h3-4H,1-2H3,(H,7,11)(H,8,9). The summed E-state index contributed by atoms with van der Waals surface area (Å²) >= 11 is 0. The molecule has 0 aliphatic carbocycles. The lowest BCUT2D eigenvalue weighted by Gasteiger charge is -2.06. The van der Waals surface area contributed by atoms with Gasteiger partial charge in [0.1, 0.15) is 0 Å². The quantitative estimate of drug-likeness (QED) is 0.383. The molecule has 0 spiro atoms. The van der Waals surface area contributed by atoms with Crippen LogP contribution >= 0.6 is 0 Å². The first-order chi connectivity index (χ1) is 5.13. The van der Waals surface area contributed by atoms with E-state index in [1.807, 2.05) is 0 Å². The highest BCUT2D eigenvalue weighted by atomic mass is 16.2. The van der Waals surface area contributed by atoms with Crippen LogP contribution in [-0.2, 0) is 14.4 Å². The van der Waals surface area contributed by atoms with Gasteiger partial charge in [0.2, 0.25) is 12.2 Å². The second kappa shape index (κ2) is 4.43. The molecule has 0 aliphatic rings. The van der Waals surface area contributed by atoms with E-state index in [1.165, 1.54) is 14.0 Å². The fraction of sp³-hybridized carbons (Fsp3) is 0.500. The molecule has 0 aliphatic heterocycles. The van der Waals surface area contributed by atoms with E-state index in [2.05, 4.69) is 10.6 Å². The van der Waals surface area contributed by atoms with Gasteiger partial charge in [0.25, 0.3) is 5.91 Å². The van der Waals surface area contributed by atoms with Crippen LogP contribution in [0.3, 0.4) is 0 Å². The van der Waals surface area contributed by atoms with Gasteiger partial charge in [-0.25, -0.2) is 0 Å². The third kappa shape index (κ3) is 2.79. The van der Waals surface area contributed by atoms with E-state index in [0.717, 1.165) is 0 Å². The second-order valence-corrected chi connectivity index (χ2v) is 1.95. The van der Waals surface area contributed by atoms with Gasteiger partial charge in [0.15, 0.2) is 0 Å². The summed E-state index contributed by atoms with van der Waals surface area (Å²) in [5.41, 5.74) is 0. The van der Waals surface area contributed by atoms with Gasteiger partial charge in [-0.2, -0.15) is 0 Å². The Kier molecular flexibility index (Phi) is 3.87. The van der Waals surface area contributed by atoms with Crippen molar-refractivity contribution in [3.05, 3.63) is 0 Å². The van der Waals surface area contributed by atoms with Gasteiger partial charge in [0, 0.05) is 7.05 Å². The Bertz CT molecular complexity index is 179. The summed E-state index contributed by atoms with van der Waals surface area (Å²) in [6.07, 6.45) is 0.380. The molecule has 11 heavy (non-hydrogen) atoms. The van der Waals surface area contributed by atoms with Crippen molar-refractivity contribution >= 4 is 18.1 Å². The molecule has 0 aromatic carbocycles. The van der Waals surface area contributed by atoms with E-state index in [4.69, 9.17) is 0 Å². The maximum atomic E-state index is 10.8. The first-order valence-corrected chi connectivity index (χ1v) is 3.09. The van der Waals surface area contributed by atoms with Crippen LogP contribution in [0.2, 0.25) is 0 Å². The van der Waals surface area contributed by atoms with Crippen LogP contribution in [0.1, 0.15) is 6.92 Å². The maximum Gasteiger partial charge on any atom is 0.289 e. The monoisotopic (exact) mass is 158 g/mol. The van der Waals surface area contributed by atoms with E-state index in [1.54, 1.807) is 0 Å². The van der Waals surface area contributed by atoms with E-state index in [-0.39, 0.29) is 0 Å². The lowest BCUT2D eigenvalue weighted by Crippen LogP contribution is -2.41. The number of hydrogen-bond acceptors (Lipinski definition) is 3. The minimum Gasteiger partial charge on any atom is -0.353 e. The predicted molar refractivity (Wildman–Crippen MR) is 37.7 cm³/mol. The van der Waals surface area contributed by atoms with Gasteiger partial charge >= 0.3 is 0 Å². The van der Waals surface area contributed by atoms with Crippen molar-refractivity contribution < 1.29 is 14.4 Å². The van der Waals surface area contributed by atoms with Crippen LogP contribution < -0.4 is 10.6 Å². The van der Waals surface area contributed by atoms with Gasteiger partial charge in [-0.3, -0.25) is 14.4 Å². The van der Waals surface area contributed by atoms with Crippen LogP contribution in [-0.4, -0.2) is 31.2 Å². The van der Waals surface area contributed by atoms with Gasteiger partial charge in [-0.05, 0) is 6.92 Å². The van der Waals surface area contributed by atoms with Gasteiger partial charge in [-0.1, -0.05) is 0 Å². The first-order valence-electron chi connectivity index (χ1n) is 3.09. The Hall–Kier alpha value is -1.39. The summed E-state index contributed by atoms with van der Waals surface area (Å²) in [7, 11) is 1.36. The van der Waals surface area contributed by atoms with Crippen LogP contribution in [0.25, 0.3) is 0 Å². The fourth-order valence-corrected chi connectivity index (χ4v) is 0.498. The number of carbonyl (C=O) groups is 3. The molecular weight excluding hydrogens is 148 g/mol. The minimum absolute atomic E-state index is 0.380. The zero-order valence-corrected chi connectivity index (χ0v) is 6.38. The molecule has 0 aromatic heterocycles. The minimum atomic E-state index is -0.757. The molecular formula is C6H10N2O3. The highest BCUT2D eigenvalue weighted by molar-refractivity contribution is 6.38. The molecule has 0 bridgehead atoms. The maximum absolute atomic E-state index is 10.8. The molecule has 0 saturated carbocycles. The molecule has 0 radical (unpaired) electrons. The Balaban J connectivity index is 4.01. The van der Waals surface area contributed by atoms with Crippen molar-refractivity contribution in [3.8, 4) is 0 Å². The molecule has 1 unspecified atom stereocenters. The van der Waals surface area contributed by atoms with Crippen molar-refractivity contribution in [1.29, 1.82) is 0 Å². The van der Waals surface area contributed by atoms with E-state index < -0.39 is 17.7 Å². The molecule has 0 fully saturated rings. The number of rotatable bonds is 4.